The Balaban J connectivity index is 3.06. The summed E-state index contributed by atoms with van der Waals surface area (Å²) in [4.78, 5) is 3.99. The van der Waals surface area contributed by atoms with Crippen molar-refractivity contribution < 1.29 is 4.74 Å². The van der Waals surface area contributed by atoms with Gasteiger partial charge in [-0.3, -0.25) is 4.98 Å². The average molecular weight is 162 g/mol. The molecule has 0 aromatic carbocycles. The minimum Gasteiger partial charge on any atom is -0.492 e. The maximum absolute atomic E-state index is 8.67. The molecular formula is C9H10N2O. The van der Waals surface area contributed by atoms with Gasteiger partial charge >= 0.3 is 0 Å². The summed E-state index contributed by atoms with van der Waals surface area (Å²) in [7, 11) is 0. The van der Waals surface area contributed by atoms with Crippen LogP contribution in [-0.2, 0) is 0 Å². The van der Waals surface area contributed by atoms with E-state index in [1.807, 2.05) is 19.9 Å². The van der Waals surface area contributed by atoms with E-state index in [0.29, 0.717) is 17.9 Å². The van der Waals surface area contributed by atoms with E-state index in [4.69, 9.17) is 10.00 Å². The Kier molecular flexibility index (Phi) is 2.65. The Morgan fingerprint density at radius 2 is 2.42 bits per heavy atom. The van der Waals surface area contributed by atoms with Crippen molar-refractivity contribution in [2.75, 3.05) is 6.61 Å². The molecule has 12 heavy (non-hydrogen) atoms. The first-order chi connectivity index (χ1) is 5.77. The maximum Gasteiger partial charge on any atom is 0.140 e. The molecule has 0 atom stereocenters. The summed E-state index contributed by atoms with van der Waals surface area (Å²) >= 11 is 0. The Hall–Kier alpha value is -1.56. The van der Waals surface area contributed by atoms with Crippen molar-refractivity contribution in [2.24, 2.45) is 0 Å². The molecule has 0 saturated carbocycles. The molecule has 0 amide bonds. The molecule has 1 heterocycles. The fourth-order valence-electron chi connectivity index (χ4n) is 0.894. The lowest BCUT2D eigenvalue weighted by Crippen LogP contribution is -1.96. The van der Waals surface area contributed by atoms with Gasteiger partial charge in [-0.1, -0.05) is 0 Å². The van der Waals surface area contributed by atoms with Gasteiger partial charge in [-0.25, -0.2) is 0 Å². The first-order valence-corrected chi connectivity index (χ1v) is 3.77. The highest BCUT2D eigenvalue weighted by Crippen LogP contribution is 2.16. The number of rotatable bonds is 2. The van der Waals surface area contributed by atoms with Crippen LogP contribution in [0, 0.1) is 18.3 Å². The number of ether oxygens (including phenoxy) is 1. The van der Waals surface area contributed by atoms with Gasteiger partial charge in [0.25, 0.3) is 0 Å². The van der Waals surface area contributed by atoms with Gasteiger partial charge < -0.3 is 4.74 Å². The van der Waals surface area contributed by atoms with Crippen LogP contribution in [0.25, 0.3) is 0 Å². The monoisotopic (exact) mass is 162 g/mol. The highest BCUT2D eigenvalue weighted by molar-refractivity contribution is 5.41. The molecular weight excluding hydrogens is 152 g/mol. The first-order valence-electron chi connectivity index (χ1n) is 3.77. The normalized spacial score (nSPS) is 9.08. The van der Waals surface area contributed by atoms with Crippen LogP contribution in [0.15, 0.2) is 12.3 Å². The fourth-order valence-corrected chi connectivity index (χ4v) is 0.894. The van der Waals surface area contributed by atoms with E-state index < -0.39 is 0 Å². The van der Waals surface area contributed by atoms with Crippen molar-refractivity contribution >= 4 is 0 Å². The highest BCUT2D eigenvalue weighted by Gasteiger charge is 2.02. The number of aryl methyl sites for hydroxylation is 1. The molecule has 0 radical (unpaired) electrons. The summed E-state index contributed by atoms with van der Waals surface area (Å²) < 4.78 is 5.25. The Morgan fingerprint density at radius 3 is 3.00 bits per heavy atom. The minimum atomic E-state index is 0.488. The second-order valence-corrected chi connectivity index (χ2v) is 2.37. The third kappa shape index (κ3) is 1.73. The predicted molar refractivity (Wildman–Crippen MR) is 44.9 cm³/mol. The average Bonchev–Trinajstić information content (AvgIpc) is 2.05. The van der Waals surface area contributed by atoms with Gasteiger partial charge in [-0.2, -0.15) is 5.26 Å². The minimum absolute atomic E-state index is 0.488. The van der Waals surface area contributed by atoms with Crippen LogP contribution in [-0.4, -0.2) is 11.6 Å². The number of nitrogens with zero attached hydrogens (tertiary/aromatic N) is 2. The number of hydrogen-bond acceptors (Lipinski definition) is 3. The van der Waals surface area contributed by atoms with Crippen molar-refractivity contribution in [3.05, 3.63) is 23.5 Å². The van der Waals surface area contributed by atoms with Gasteiger partial charge in [-0.05, 0) is 13.8 Å². The van der Waals surface area contributed by atoms with Crippen LogP contribution < -0.4 is 4.74 Å². The summed E-state index contributed by atoms with van der Waals surface area (Å²) in [5, 5.41) is 8.67. The van der Waals surface area contributed by atoms with Crippen molar-refractivity contribution in [1.29, 1.82) is 5.26 Å². The Labute approximate surface area is 71.6 Å². The van der Waals surface area contributed by atoms with Crippen molar-refractivity contribution in [2.45, 2.75) is 13.8 Å². The zero-order valence-corrected chi connectivity index (χ0v) is 7.16. The van der Waals surface area contributed by atoms with Gasteiger partial charge in [-0.15, -0.1) is 0 Å². The SMILES string of the molecule is CCOc1cc(C)ncc1C#N. The predicted octanol–water partition coefficient (Wildman–Crippen LogP) is 1.66. The smallest absolute Gasteiger partial charge is 0.140 e. The summed E-state index contributed by atoms with van der Waals surface area (Å²) in [6, 6.07) is 3.79. The van der Waals surface area contributed by atoms with Gasteiger partial charge in [0.1, 0.15) is 17.4 Å². The number of hydrogen-bond donors (Lipinski definition) is 0. The molecule has 0 N–H and O–H groups in total. The lowest BCUT2D eigenvalue weighted by Gasteiger charge is -2.04. The molecule has 1 aromatic heterocycles. The lowest BCUT2D eigenvalue weighted by atomic mass is 10.2. The molecule has 0 aliphatic heterocycles. The molecule has 1 aromatic rings. The van der Waals surface area contributed by atoms with Gasteiger partial charge in [0, 0.05) is 18.0 Å². The fraction of sp³-hybridized carbons (Fsp3) is 0.333. The third-order valence-electron chi connectivity index (χ3n) is 1.42. The molecule has 62 valence electrons. The second-order valence-electron chi connectivity index (χ2n) is 2.37. The number of pyridine rings is 1. The quantitative estimate of drug-likeness (QED) is 0.664. The van der Waals surface area contributed by atoms with E-state index in [0.717, 1.165) is 5.69 Å². The molecule has 3 heteroatoms. The van der Waals surface area contributed by atoms with Crippen LogP contribution in [0.4, 0.5) is 0 Å². The first kappa shape index (κ1) is 8.54. The molecule has 0 bridgehead atoms. The van der Waals surface area contributed by atoms with Crippen molar-refractivity contribution in [1.82, 2.24) is 4.98 Å². The standard InChI is InChI=1S/C9H10N2O/c1-3-12-9-4-7(2)11-6-8(9)5-10/h4,6H,3H2,1-2H3. The van der Waals surface area contributed by atoms with E-state index in [-0.39, 0.29) is 0 Å². The molecule has 0 saturated heterocycles. The van der Waals surface area contributed by atoms with E-state index in [2.05, 4.69) is 4.98 Å². The molecule has 1 rings (SSSR count). The van der Waals surface area contributed by atoms with Gasteiger partial charge in [0.05, 0.1) is 6.61 Å². The molecule has 0 aliphatic carbocycles. The van der Waals surface area contributed by atoms with Gasteiger partial charge in [0.2, 0.25) is 0 Å². The maximum atomic E-state index is 8.67. The van der Waals surface area contributed by atoms with Crippen LogP contribution in [0.5, 0.6) is 5.75 Å². The third-order valence-corrected chi connectivity index (χ3v) is 1.42. The van der Waals surface area contributed by atoms with Crippen LogP contribution in [0.2, 0.25) is 0 Å². The van der Waals surface area contributed by atoms with E-state index >= 15 is 0 Å². The topological polar surface area (TPSA) is 45.9 Å². The number of nitriles is 1. The summed E-state index contributed by atoms with van der Waals surface area (Å²) in [5.74, 6) is 0.618. The van der Waals surface area contributed by atoms with E-state index in [9.17, 15) is 0 Å². The molecule has 0 spiro atoms. The summed E-state index contributed by atoms with van der Waals surface area (Å²) in [6.07, 6.45) is 1.53. The van der Waals surface area contributed by atoms with Crippen molar-refractivity contribution in [3.8, 4) is 11.8 Å². The lowest BCUT2D eigenvalue weighted by molar-refractivity contribution is 0.338. The van der Waals surface area contributed by atoms with Crippen LogP contribution in [0.1, 0.15) is 18.2 Å². The largest absolute Gasteiger partial charge is 0.492 e. The molecule has 0 aliphatic rings. The Bertz CT molecular complexity index is 315. The summed E-state index contributed by atoms with van der Waals surface area (Å²) in [6.45, 7) is 4.32. The second kappa shape index (κ2) is 3.72. The van der Waals surface area contributed by atoms with Gasteiger partial charge in [0.15, 0.2) is 0 Å². The zero-order valence-electron chi connectivity index (χ0n) is 7.16. The molecule has 3 nitrogen and oxygen atoms in total. The zero-order chi connectivity index (χ0) is 8.97. The Morgan fingerprint density at radius 1 is 1.67 bits per heavy atom. The van der Waals surface area contributed by atoms with E-state index in [1.54, 1.807) is 6.07 Å². The van der Waals surface area contributed by atoms with Crippen molar-refractivity contribution in [3.63, 3.8) is 0 Å². The highest BCUT2D eigenvalue weighted by atomic mass is 16.5. The number of aromatic nitrogens is 1. The molecule has 0 unspecified atom stereocenters. The van der Waals surface area contributed by atoms with Crippen LogP contribution in [0.3, 0.4) is 0 Å². The molecule has 0 fully saturated rings. The summed E-state index contributed by atoms with van der Waals surface area (Å²) in [5.41, 5.74) is 1.35. The van der Waals surface area contributed by atoms with Crippen LogP contribution >= 0.6 is 0 Å². The van der Waals surface area contributed by atoms with E-state index in [1.165, 1.54) is 6.20 Å².